The lowest BCUT2D eigenvalue weighted by Crippen LogP contribution is -2.24. The molecular weight excluding hydrogens is 344 g/mol. The van der Waals surface area contributed by atoms with Gasteiger partial charge in [-0.2, -0.15) is 0 Å². The Kier molecular flexibility index (Phi) is 6.93. The largest absolute Gasteiger partial charge is 0.463 e. The topological polar surface area (TPSA) is 120 Å². The second-order valence-corrected chi connectivity index (χ2v) is 6.00. The van der Waals surface area contributed by atoms with Crippen LogP contribution in [0.3, 0.4) is 0 Å². The zero-order chi connectivity index (χ0) is 19.8. The van der Waals surface area contributed by atoms with Crippen molar-refractivity contribution in [1.29, 1.82) is 0 Å². The minimum absolute atomic E-state index is 0.0632. The van der Waals surface area contributed by atoms with Gasteiger partial charge < -0.3 is 21.5 Å². The summed E-state index contributed by atoms with van der Waals surface area (Å²) in [5, 5.41) is 2.91. The van der Waals surface area contributed by atoms with Crippen LogP contribution in [0.15, 0.2) is 64.3 Å². The van der Waals surface area contributed by atoms with Gasteiger partial charge in [0.05, 0.1) is 12.3 Å². The zero-order valence-corrected chi connectivity index (χ0v) is 15.5. The van der Waals surface area contributed by atoms with Crippen molar-refractivity contribution < 1.29 is 14.3 Å². The van der Waals surface area contributed by atoms with Crippen molar-refractivity contribution in [3.63, 3.8) is 0 Å². The first-order valence-corrected chi connectivity index (χ1v) is 8.65. The molecule has 0 atom stereocenters. The Hall–Kier alpha value is -3.35. The molecule has 2 rings (SSSR count). The summed E-state index contributed by atoms with van der Waals surface area (Å²) in [7, 11) is 0. The summed E-state index contributed by atoms with van der Waals surface area (Å²) >= 11 is 0. The number of allylic oxidation sites excluding steroid dienone is 5. The first-order valence-electron chi connectivity index (χ1n) is 8.65. The van der Waals surface area contributed by atoms with E-state index in [1.54, 1.807) is 37.3 Å². The fourth-order valence-electron chi connectivity index (χ4n) is 2.65. The summed E-state index contributed by atoms with van der Waals surface area (Å²) in [4.78, 5) is 27.8. The Morgan fingerprint density at radius 1 is 1.30 bits per heavy atom. The fraction of sp³-hybridized carbons (Fsp3) is 0.250. The quantitative estimate of drug-likeness (QED) is 0.308. The maximum Gasteiger partial charge on any atom is 0.330 e. The molecular formula is C20H24N4O3. The molecule has 0 aliphatic heterocycles. The normalized spacial score (nSPS) is 13.9. The van der Waals surface area contributed by atoms with Crippen LogP contribution in [0.25, 0.3) is 0 Å². The summed E-state index contributed by atoms with van der Waals surface area (Å²) in [6, 6.07) is 6.75. The standard InChI is InChI=1S/C20H24N4O3/c1-3-27-18(25)10-8-14-7-9-17(11-13(14)2)23-19(26)15-5-4-6-16(12-15)24-20(21)22/h4-6,8,10-12H,3,7,9H2,1-2H3,(H,23,26)(H4,21,22,24)/b10-8+. The summed E-state index contributed by atoms with van der Waals surface area (Å²) in [5.74, 6) is -0.652. The molecule has 0 bridgehead atoms. The Bertz CT molecular complexity index is 847. The van der Waals surface area contributed by atoms with Crippen LogP contribution < -0.4 is 16.8 Å². The van der Waals surface area contributed by atoms with Crippen molar-refractivity contribution >= 4 is 23.5 Å². The van der Waals surface area contributed by atoms with Crippen LogP contribution in [0, 0.1) is 0 Å². The smallest absolute Gasteiger partial charge is 0.330 e. The van der Waals surface area contributed by atoms with E-state index in [9.17, 15) is 9.59 Å². The minimum atomic E-state index is -0.360. The average molecular weight is 368 g/mol. The first-order chi connectivity index (χ1) is 12.9. The van der Waals surface area contributed by atoms with Gasteiger partial charge >= 0.3 is 5.97 Å². The van der Waals surface area contributed by atoms with E-state index >= 15 is 0 Å². The molecule has 0 unspecified atom stereocenters. The lowest BCUT2D eigenvalue weighted by atomic mass is 9.96. The Labute approximate surface area is 158 Å². The zero-order valence-electron chi connectivity index (χ0n) is 15.5. The molecule has 0 radical (unpaired) electrons. The number of hydrogen-bond donors (Lipinski definition) is 3. The number of benzene rings is 1. The fourth-order valence-corrected chi connectivity index (χ4v) is 2.65. The molecule has 1 amide bonds. The molecule has 7 heteroatoms. The number of nitrogens with one attached hydrogen (secondary N) is 1. The SMILES string of the molecule is CCOC(=O)/C=C/C1=C(C)C=C(NC(=O)c2cccc(N=C(N)N)c2)CC1. The lowest BCUT2D eigenvalue weighted by Gasteiger charge is -2.17. The first kappa shape index (κ1) is 20.0. The summed E-state index contributed by atoms with van der Waals surface area (Å²) in [5.41, 5.74) is 14.6. The van der Waals surface area contributed by atoms with Gasteiger partial charge in [0.1, 0.15) is 0 Å². The minimum Gasteiger partial charge on any atom is -0.463 e. The summed E-state index contributed by atoms with van der Waals surface area (Å²) in [6.45, 7) is 4.05. The number of amides is 1. The monoisotopic (exact) mass is 368 g/mol. The Morgan fingerprint density at radius 3 is 2.74 bits per heavy atom. The number of nitrogens with zero attached hydrogens (tertiary/aromatic N) is 1. The molecule has 142 valence electrons. The van der Waals surface area contributed by atoms with Gasteiger partial charge in [0.15, 0.2) is 5.96 Å². The number of esters is 1. The second kappa shape index (κ2) is 9.38. The van der Waals surface area contributed by atoms with Crippen LogP contribution in [0.2, 0.25) is 0 Å². The average Bonchev–Trinajstić information content (AvgIpc) is 2.61. The number of rotatable bonds is 6. The number of aliphatic imine (C=N–C) groups is 1. The molecule has 1 aromatic carbocycles. The lowest BCUT2D eigenvalue weighted by molar-refractivity contribution is -0.137. The van der Waals surface area contributed by atoms with Crippen LogP contribution >= 0.6 is 0 Å². The van der Waals surface area contributed by atoms with E-state index in [4.69, 9.17) is 16.2 Å². The Balaban J connectivity index is 2.08. The molecule has 1 aliphatic carbocycles. The van der Waals surface area contributed by atoms with Gasteiger partial charge in [0, 0.05) is 17.3 Å². The molecule has 0 fully saturated rings. The van der Waals surface area contributed by atoms with E-state index in [2.05, 4.69) is 10.3 Å². The van der Waals surface area contributed by atoms with Crippen LogP contribution in [0.4, 0.5) is 5.69 Å². The number of carbonyl (C=O) groups is 2. The summed E-state index contributed by atoms with van der Waals surface area (Å²) in [6.07, 6.45) is 6.49. The van der Waals surface area contributed by atoms with E-state index in [1.807, 2.05) is 13.0 Å². The number of ether oxygens (including phenoxy) is 1. The maximum atomic E-state index is 12.5. The number of guanidine groups is 1. The van der Waals surface area contributed by atoms with E-state index in [1.165, 1.54) is 6.08 Å². The summed E-state index contributed by atoms with van der Waals surface area (Å²) < 4.78 is 4.88. The van der Waals surface area contributed by atoms with Crippen LogP contribution in [0.1, 0.15) is 37.0 Å². The third-order valence-electron chi connectivity index (χ3n) is 3.91. The van der Waals surface area contributed by atoms with Crippen molar-refractivity contribution in [3.8, 4) is 0 Å². The number of carbonyl (C=O) groups excluding carboxylic acids is 2. The highest BCUT2D eigenvalue weighted by Crippen LogP contribution is 2.24. The van der Waals surface area contributed by atoms with Gasteiger partial charge in [-0.15, -0.1) is 0 Å². The van der Waals surface area contributed by atoms with Crippen molar-refractivity contribution in [2.75, 3.05) is 6.61 Å². The van der Waals surface area contributed by atoms with E-state index in [0.717, 1.165) is 23.3 Å². The van der Waals surface area contributed by atoms with Crippen LogP contribution in [-0.2, 0) is 9.53 Å². The van der Waals surface area contributed by atoms with Gasteiger partial charge in [-0.1, -0.05) is 12.1 Å². The highest BCUT2D eigenvalue weighted by atomic mass is 16.5. The molecule has 0 heterocycles. The molecule has 1 aromatic rings. The van der Waals surface area contributed by atoms with Gasteiger partial charge in [-0.05, 0) is 62.1 Å². The van der Waals surface area contributed by atoms with Gasteiger partial charge in [-0.3, -0.25) is 4.79 Å². The molecule has 0 saturated carbocycles. The predicted molar refractivity (Wildman–Crippen MR) is 105 cm³/mol. The van der Waals surface area contributed by atoms with Gasteiger partial charge in [0.25, 0.3) is 5.91 Å². The van der Waals surface area contributed by atoms with Crippen LogP contribution in [0.5, 0.6) is 0 Å². The van der Waals surface area contributed by atoms with Crippen molar-refractivity contribution in [3.05, 3.63) is 64.9 Å². The van der Waals surface area contributed by atoms with Crippen LogP contribution in [-0.4, -0.2) is 24.4 Å². The maximum absolute atomic E-state index is 12.5. The highest BCUT2D eigenvalue weighted by Gasteiger charge is 2.13. The van der Waals surface area contributed by atoms with E-state index in [-0.39, 0.29) is 17.8 Å². The number of hydrogen-bond acceptors (Lipinski definition) is 4. The van der Waals surface area contributed by atoms with Crippen molar-refractivity contribution in [1.82, 2.24) is 5.32 Å². The second-order valence-electron chi connectivity index (χ2n) is 6.00. The molecule has 1 aliphatic rings. The molecule has 5 N–H and O–H groups in total. The molecule has 0 spiro atoms. The van der Waals surface area contributed by atoms with Crippen molar-refractivity contribution in [2.24, 2.45) is 16.5 Å². The predicted octanol–water partition coefficient (Wildman–Crippen LogP) is 2.43. The van der Waals surface area contributed by atoms with Gasteiger partial charge in [-0.25, -0.2) is 9.79 Å². The van der Waals surface area contributed by atoms with Gasteiger partial charge in [0.2, 0.25) is 0 Å². The number of nitrogens with two attached hydrogens (primary N) is 2. The third kappa shape index (κ3) is 6.14. The van der Waals surface area contributed by atoms with E-state index < -0.39 is 0 Å². The molecule has 27 heavy (non-hydrogen) atoms. The molecule has 0 aromatic heterocycles. The van der Waals surface area contributed by atoms with Crippen molar-refractivity contribution in [2.45, 2.75) is 26.7 Å². The molecule has 0 saturated heterocycles. The van der Waals surface area contributed by atoms with E-state index in [0.29, 0.717) is 24.3 Å². The Morgan fingerprint density at radius 2 is 2.07 bits per heavy atom. The third-order valence-corrected chi connectivity index (χ3v) is 3.91. The highest BCUT2D eigenvalue weighted by molar-refractivity contribution is 5.96. The molecule has 7 nitrogen and oxygen atoms in total.